The molecule has 12 heteroatoms. The molecule has 180 valence electrons. The number of anilines is 4. The van der Waals surface area contributed by atoms with Crippen LogP contribution in [-0.2, 0) is 9.53 Å². The lowest BCUT2D eigenvalue weighted by Crippen LogP contribution is -2.36. The molecule has 35 heavy (non-hydrogen) atoms. The van der Waals surface area contributed by atoms with Gasteiger partial charge in [0.05, 0.1) is 24.7 Å². The van der Waals surface area contributed by atoms with Crippen molar-refractivity contribution in [1.82, 2.24) is 9.97 Å². The molecule has 8 nitrogen and oxygen atoms in total. The van der Waals surface area contributed by atoms with E-state index in [0.29, 0.717) is 29.0 Å². The first-order valence-corrected chi connectivity index (χ1v) is 15.0. The number of carbonyl (C=O) groups excluding carboxylic acids is 1. The molecule has 0 spiro atoms. The van der Waals surface area contributed by atoms with Crippen LogP contribution in [0.25, 0.3) is 0 Å². The molecule has 2 N–H and O–H groups in total. The minimum atomic E-state index is 0.0224. The van der Waals surface area contributed by atoms with E-state index in [9.17, 15) is 4.79 Å². The summed E-state index contributed by atoms with van der Waals surface area (Å²) in [7, 11) is 3.40. The molecular weight excluding hydrogens is 521 g/mol. The number of nitriles is 1. The van der Waals surface area contributed by atoms with Gasteiger partial charge >= 0.3 is 0 Å². The highest BCUT2D eigenvalue weighted by Gasteiger charge is 2.24. The second-order valence-corrected chi connectivity index (χ2v) is 12.5. The number of nitrogens with zero attached hydrogens (tertiary/aromatic N) is 4. The molecule has 2 fully saturated rings. The van der Waals surface area contributed by atoms with Gasteiger partial charge in [0, 0.05) is 41.2 Å². The highest BCUT2D eigenvalue weighted by molar-refractivity contribution is 8.77. The van der Waals surface area contributed by atoms with Gasteiger partial charge < -0.3 is 20.3 Å². The molecular formula is C23H22N6O2S4. The first kappa shape index (κ1) is 24.3. The van der Waals surface area contributed by atoms with Gasteiger partial charge in [0.25, 0.3) is 0 Å². The van der Waals surface area contributed by atoms with Crippen LogP contribution in [0.1, 0.15) is 11.3 Å². The molecule has 1 atom stereocenters. The summed E-state index contributed by atoms with van der Waals surface area (Å²) in [6.45, 7) is 3.01. The summed E-state index contributed by atoms with van der Waals surface area (Å²) in [5, 5.41) is 16.8. The molecule has 0 radical (unpaired) electrons. The molecule has 5 rings (SSSR count). The fraction of sp³-hybridized carbons (Fsp3) is 0.304. The Kier molecular flexibility index (Phi) is 8.00. The van der Waals surface area contributed by atoms with E-state index in [4.69, 9.17) is 15.0 Å². The molecule has 0 saturated carbocycles. The quantitative estimate of drug-likeness (QED) is 0.386. The Balaban J connectivity index is 1.32. The smallest absolute Gasteiger partial charge is 0.238 e. The molecule has 1 aromatic carbocycles. The molecule has 2 aromatic heterocycles. The number of pyridine rings is 1. The number of nitrogens with one attached hydrogen (secondary N) is 2. The molecule has 1 amide bonds. The molecule has 1 unspecified atom stereocenters. The van der Waals surface area contributed by atoms with E-state index in [1.807, 2.05) is 30.3 Å². The van der Waals surface area contributed by atoms with E-state index in [2.05, 4.69) is 32.7 Å². The SMILES string of the molecule is N#Cc1cnc(Nc2cc(N3CCOCC3)cc(Sc3ccc(NC(=O)C4CCSS4)cc3)n2)s1. The third kappa shape index (κ3) is 6.42. The normalized spacial score (nSPS) is 17.7. The first-order chi connectivity index (χ1) is 17.2. The third-order valence-electron chi connectivity index (χ3n) is 5.30. The number of morpholine rings is 1. The fourth-order valence-electron chi connectivity index (χ4n) is 3.56. The van der Waals surface area contributed by atoms with Crippen LogP contribution in [0, 0.1) is 11.3 Å². The Morgan fingerprint density at radius 3 is 2.77 bits per heavy atom. The van der Waals surface area contributed by atoms with E-state index < -0.39 is 0 Å². The Morgan fingerprint density at radius 2 is 2.06 bits per heavy atom. The van der Waals surface area contributed by atoms with E-state index in [0.717, 1.165) is 46.6 Å². The number of aromatic nitrogens is 2. The van der Waals surface area contributed by atoms with Crippen molar-refractivity contribution < 1.29 is 9.53 Å². The summed E-state index contributed by atoms with van der Waals surface area (Å²) in [6, 6.07) is 14.0. The van der Waals surface area contributed by atoms with Gasteiger partial charge in [-0.05, 0) is 36.8 Å². The van der Waals surface area contributed by atoms with Crippen molar-refractivity contribution in [2.45, 2.75) is 21.6 Å². The number of thiazole rings is 1. The number of hydrogen-bond acceptors (Lipinski definition) is 11. The lowest BCUT2D eigenvalue weighted by Gasteiger charge is -2.29. The maximum atomic E-state index is 12.4. The largest absolute Gasteiger partial charge is 0.378 e. The maximum absolute atomic E-state index is 12.4. The van der Waals surface area contributed by atoms with Gasteiger partial charge in [-0.25, -0.2) is 9.97 Å². The standard InChI is InChI=1S/C23H22N6O2S4/c24-13-18-14-25-23(34-18)28-20-11-16(29-6-8-31-9-7-29)12-21(27-20)33-17-3-1-15(2-4-17)26-22(30)19-5-10-32-35-19/h1-4,11-12,14,19H,5-10H2,(H,26,30)(H,25,27,28). The Bertz CT molecular complexity index is 1220. The van der Waals surface area contributed by atoms with Gasteiger partial charge in [-0.1, -0.05) is 44.7 Å². The second kappa shape index (κ2) is 11.5. The predicted molar refractivity (Wildman–Crippen MR) is 145 cm³/mol. The highest BCUT2D eigenvalue weighted by Crippen LogP contribution is 2.38. The van der Waals surface area contributed by atoms with E-state index in [1.165, 1.54) is 11.3 Å². The summed E-state index contributed by atoms with van der Waals surface area (Å²) >= 11 is 2.85. The predicted octanol–water partition coefficient (Wildman–Crippen LogP) is 5.23. The van der Waals surface area contributed by atoms with E-state index in [1.54, 1.807) is 39.5 Å². The first-order valence-electron chi connectivity index (χ1n) is 11.0. The zero-order valence-corrected chi connectivity index (χ0v) is 21.9. The number of benzene rings is 1. The zero-order chi connectivity index (χ0) is 24.0. The number of ether oxygens (including phenoxy) is 1. The summed E-state index contributed by atoms with van der Waals surface area (Å²) in [4.78, 5) is 25.3. The lowest BCUT2D eigenvalue weighted by molar-refractivity contribution is -0.115. The van der Waals surface area contributed by atoms with Gasteiger partial charge in [-0.15, -0.1) is 0 Å². The monoisotopic (exact) mass is 542 g/mol. The molecule has 0 aliphatic carbocycles. The van der Waals surface area contributed by atoms with Crippen LogP contribution in [0.15, 0.2) is 52.5 Å². The third-order valence-corrected chi connectivity index (χ3v) is 9.87. The minimum absolute atomic E-state index is 0.0224. The molecule has 2 saturated heterocycles. The van der Waals surface area contributed by atoms with Crippen molar-refractivity contribution in [3.63, 3.8) is 0 Å². The van der Waals surface area contributed by atoms with E-state index >= 15 is 0 Å². The van der Waals surface area contributed by atoms with Crippen LogP contribution in [0.5, 0.6) is 0 Å². The summed E-state index contributed by atoms with van der Waals surface area (Å²) in [5.41, 5.74) is 1.85. The van der Waals surface area contributed by atoms with Crippen LogP contribution in [0.3, 0.4) is 0 Å². The summed E-state index contributed by atoms with van der Waals surface area (Å²) < 4.78 is 5.51. The summed E-state index contributed by atoms with van der Waals surface area (Å²) in [5.74, 6) is 1.76. The number of hydrogen-bond donors (Lipinski definition) is 2. The van der Waals surface area contributed by atoms with Crippen molar-refractivity contribution >= 4 is 72.9 Å². The lowest BCUT2D eigenvalue weighted by atomic mass is 10.2. The van der Waals surface area contributed by atoms with Crippen LogP contribution in [-0.4, -0.2) is 53.2 Å². The zero-order valence-electron chi connectivity index (χ0n) is 18.6. The fourth-order valence-corrected chi connectivity index (χ4v) is 7.74. The minimum Gasteiger partial charge on any atom is -0.378 e. The molecule has 4 heterocycles. The Labute approximate surface area is 219 Å². The average molecular weight is 543 g/mol. The Hall–Kier alpha value is -2.43. The highest BCUT2D eigenvalue weighted by atomic mass is 33.1. The molecule has 2 aliphatic heterocycles. The number of carbonyl (C=O) groups is 1. The average Bonchev–Trinajstić information content (AvgIpc) is 3.58. The van der Waals surface area contributed by atoms with Crippen LogP contribution < -0.4 is 15.5 Å². The van der Waals surface area contributed by atoms with Crippen molar-refractivity contribution in [2.75, 3.05) is 47.6 Å². The van der Waals surface area contributed by atoms with Gasteiger partial charge in [-0.3, -0.25) is 4.79 Å². The van der Waals surface area contributed by atoms with Gasteiger partial charge in [0.15, 0.2) is 5.13 Å². The Morgan fingerprint density at radius 1 is 1.23 bits per heavy atom. The van der Waals surface area contributed by atoms with Gasteiger partial charge in [-0.2, -0.15) is 5.26 Å². The summed E-state index contributed by atoms with van der Waals surface area (Å²) in [6.07, 6.45) is 2.47. The van der Waals surface area contributed by atoms with Crippen LogP contribution in [0.4, 0.5) is 22.3 Å². The maximum Gasteiger partial charge on any atom is 0.238 e. The molecule has 3 aromatic rings. The number of rotatable bonds is 7. The van der Waals surface area contributed by atoms with Crippen molar-refractivity contribution in [2.24, 2.45) is 0 Å². The van der Waals surface area contributed by atoms with Crippen molar-refractivity contribution in [3.8, 4) is 6.07 Å². The second-order valence-electron chi connectivity index (χ2n) is 7.73. The van der Waals surface area contributed by atoms with E-state index in [-0.39, 0.29) is 11.2 Å². The topological polar surface area (TPSA) is 103 Å². The van der Waals surface area contributed by atoms with Crippen LogP contribution >= 0.6 is 44.7 Å². The van der Waals surface area contributed by atoms with Crippen molar-refractivity contribution in [3.05, 3.63) is 47.5 Å². The van der Waals surface area contributed by atoms with Gasteiger partial charge in [0.2, 0.25) is 5.91 Å². The molecule has 0 bridgehead atoms. The van der Waals surface area contributed by atoms with Gasteiger partial charge in [0.1, 0.15) is 21.8 Å². The number of amides is 1. The van der Waals surface area contributed by atoms with Crippen molar-refractivity contribution in [1.29, 1.82) is 5.26 Å². The molecule has 2 aliphatic rings. The van der Waals surface area contributed by atoms with Crippen LogP contribution in [0.2, 0.25) is 0 Å².